The molecule has 106 valence electrons. The minimum Gasteiger partial charge on any atom is -0.497 e. The average molecular weight is 360 g/mol. The van der Waals surface area contributed by atoms with Gasteiger partial charge in [0, 0.05) is 10.5 Å². The van der Waals surface area contributed by atoms with Crippen LogP contribution in [0.15, 0.2) is 51.8 Å². The summed E-state index contributed by atoms with van der Waals surface area (Å²) < 4.78 is 45.7. The lowest BCUT2D eigenvalue weighted by molar-refractivity contribution is 0.413. The molecule has 0 aliphatic carbocycles. The number of anilines is 1. The molecule has 0 bridgehead atoms. The largest absolute Gasteiger partial charge is 0.497 e. The van der Waals surface area contributed by atoms with E-state index < -0.39 is 15.8 Å². The Kier molecular flexibility index (Phi) is 4.29. The molecule has 20 heavy (non-hydrogen) atoms. The van der Waals surface area contributed by atoms with Crippen molar-refractivity contribution in [2.24, 2.45) is 0 Å². The second-order valence-corrected chi connectivity index (χ2v) is 6.51. The summed E-state index contributed by atoms with van der Waals surface area (Å²) in [6.45, 7) is 0. The third-order valence-electron chi connectivity index (χ3n) is 2.53. The lowest BCUT2D eigenvalue weighted by Crippen LogP contribution is -2.14. The van der Waals surface area contributed by atoms with Crippen LogP contribution in [0.4, 0.5) is 10.1 Å². The smallest absolute Gasteiger partial charge is 0.262 e. The SMILES string of the molecule is COc1cccc(S(=O)(=O)Nc2ccc(Br)cc2F)c1. The van der Waals surface area contributed by atoms with Crippen LogP contribution in [0.1, 0.15) is 0 Å². The van der Waals surface area contributed by atoms with Gasteiger partial charge in [0.1, 0.15) is 11.6 Å². The fourth-order valence-corrected chi connectivity index (χ4v) is 2.98. The molecule has 0 radical (unpaired) electrons. The van der Waals surface area contributed by atoms with Gasteiger partial charge >= 0.3 is 0 Å². The van der Waals surface area contributed by atoms with Crippen molar-refractivity contribution in [2.45, 2.75) is 4.90 Å². The maximum atomic E-state index is 13.7. The monoisotopic (exact) mass is 359 g/mol. The van der Waals surface area contributed by atoms with Gasteiger partial charge in [0.05, 0.1) is 17.7 Å². The van der Waals surface area contributed by atoms with E-state index in [0.29, 0.717) is 10.2 Å². The predicted octanol–water partition coefficient (Wildman–Crippen LogP) is 3.40. The fraction of sp³-hybridized carbons (Fsp3) is 0.0769. The first kappa shape index (κ1) is 14.8. The van der Waals surface area contributed by atoms with Crippen molar-refractivity contribution < 1.29 is 17.5 Å². The molecule has 2 rings (SSSR count). The number of benzene rings is 2. The van der Waals surface area contributed by atoms with Crippen molar-refractivity contribution in [2.75, 3.05) is 11.8 Å². The van der Waals surface area contributed by atoms with E-state index in [1.54, 1.807) is 18.2 Å². The quantitative estimate of drug-likeness (QED) is 0.909. The minimum atomic E-state index is -3.87. The molecule has 0 unspecified atom stereocenters. The molecule has 1 N–H and O–H groups in total. The molecule has 0 saturated heterocycles. The van der Waals surface area contributed by atoms with Gasteiger partial charge in [0.25, 0.3) is 10.0 Å². The molecule has 0 amide bonds. The Balaban J connectivity index is 2.35. The van der Waals surface area contributed by atoms with Gasteiger partial charge in [-0.3, -0.25) is 4.72 Å². The molecule has 0 aliphatic rings. The molecule has 2 aromatic carbocycles. The first-order valence-electron chi connectivity index (χ1n) is 5.54. The van der Waals surface area contributed by atoms with E-state index in [0.717, 1.165) is 0 Å². The van der Waals surface area contributed by atoms with Crippen LogP contribution >= 0.6 is 15.9 Å². The number of ether oxygens (including phenoxy) is 1. The molecule has 0 fully saturated rings. The van der Waals surface area contributed by atoms with Crippen LogP contribution in [0.5, 0.6) is 5.75 Å². The molecule has 0 aromatic heterocycles. The summed E-state index contributed by atoms with van der Waals surface area (Å²) in [5, 5.41) is 0. The second-order valence-electron chi connectivity index (χ2n) is 3.91. The summed E-state index contributed by atoms with van der Waals surface area (Å²) in [7, 11) is -2.43. The molecule has 0 spiro atoms. The molecule has 2 aromatic rings. The van der Waals surface area contributed by atoms with Crippen LogP contribution < -0.4 is 9.46 Å². The molecule has 4 nitrogen and oxygen atoms in total. The highest BCUT2D eigenvalue weighted by Crippen LogP contribution is 2.24. The van der Waals surface area contributed by atoms with E-state index in [1.165, 1.54) is 31.4 Å². The Morgan fingerprint density at radius 1 is 1.20 bits per heavy atom. The first-order chi connectivity index (χ1) is 9.42. The van der Waals surface area contributed by atoms with Crippen molar-refractivity contribution >= 4 is 31.6 Å². The third-order valence-corrected chi connectivity index (χ3v) is 4.38. The average Bonchev–Trinajstić information content (AvgIpc) is 2.42. The predicted molar refractivity (Wildman–Crippen MR) is 77.9 cm³/mol. The Morgan fingerprint density at radius 2 is 1.95 bits per heavy atom. The molecular weight excluding hydrogens is 349 g/mol. The number of hydrogen-bond donors (Lipinski definition) is 1. The van der Waals surface area contributed by atoms with Crippen molar-refractivity contribution in [1.82, 2.24) is 0 Å². The number of sulfonamides is 1. The van der Waals surface area contributed by atoms with E-state index in [4.69, 9.17) is 4.74 Å². The van der Waals surface area contributed by atoms with Crippen molar-refractivity contribution in [3.63, 3.8) is 0 Å². The van der Waals surface area contributed by atoms with Crippen molar-refractivity contribution in [3.8, 4) is 5.75 Å². The lowest BCUT2D eigenvalue weighted by atomic mass is 10.3. The summed E-state index contributed by atoms with van der Waals surface area (Å²) in [5.74, 6) is -0.255. The fourth-order valence-electron chi connectivity index (χ4n) is 1.54. The van der Waals surface area contributed by atoms with E-state index in [1.807, 2.05) is 0 Å². The molecule has 0 aliphatic heterocycles. The molecular formula is C13H11BrFNO3S. The first-order valence-corrected chi connectivity index (χ1v) is 7.82. The summed E-state index contributed by atoms with van der Waals surface area (Å²) >= 11 is 3.11. The van der Waals surface area contributed by atoms with Crippen LogP contribution in [-0.4, -0.2) is 15.5 Å². The van der Waals surface area contributed by atoms with Crippen LogP contribution in [0, 0.1) is 5.82 Å². The zero-order valence-corrected chi connectivity index (χ0v) is 12.8. The summed E-state index contributed by atoms with van der Waals surface area (Å²) in [6, 6.07) is 10.0. The van der Waals surface area contributed by atoms with Crippen molar-refractivity contribution in [3.05, 3.63) is 52.8 Å². The molecule has 0 atom stereocenters. The number of methoxy groups -OCH3 is 1. The van der Waals surface area contributed by atoms with Gasteiger partial charge in [-0.15, -0.1) is 0 Å². The molecule has 0 saturated carbocycles. The maximum Gasteiger partial charge on any atom is 0.262 e. The van der Waals surface area contributed by atoms with Crippen LogP contribution in [0.25, 0.3) is 0 Å². The van der Waals surface area contributed by atoms with Gasteiger partial charge in [-0.2, -0.15) is 0 Å². The van der Waals surface area contributed by atoms with Crippen LogP contribution in [0.2, 0.25) is 0 Å². The van der Waals surface area contributed by atoms with Crippen LogP contribution in [-0.2, 0) is 10.0 Å². The molecule has 7 heteroatoms. The normalized spacial score (nSPS) is 11.2. The van der Waals surface area contributed by atoms with Gasteiger partial charge < -0.3 is 4.74 Å². The van der Waals surface area contributed by atoms with Crippen molar-refractivity contribution in [1.29, 1.82) is 0 Å². The third kappa shape index (κ3) is 3.29. The van der Waals surface area contributed by atoms with E-state index in [9.17, 15) is 12.8 Å². The summed E-state index contributed by atoms with van der Waals surface area (Å²) in [4.78, 5) is -0.000770. The second kappa shape index (κ2) is 5.80. The highest BCUT2D eigenvalue weighted by molar-refractivity contribution is 9.10. The lowest BCUT2D eigenvalue weighted by Gasteiger charge is -2.10. The standard InChI is InChI=1S/C13H11BrFNO3S/c1-19-10-3-2-4-11(8-10)20(17,18)16-13-6-5-9(14)7-12(13)15/h2-8,16H,1H3. The number of halogens is 2. The van der Waals surface area contributed by atoms with Crippen LogP contribution in [0.3, 0.4) is 0 Å². The Bertz CT molecular complexity index is 734. The number of nitrogens with one attached hydrogen (secondary N) is 1. The summed E-state index contributed by atoms with van der Waals surface area (Å²) in [5.41, 5.74) is -0.115. The highest BCUT2D eigenvalue weighted by atomic mass is 79.9. The highest BCUT2D eigenvalue weighted by Gasteiger charge is 2.17. The minimum absolute atomic E-state index is 0.000770. The Labute approximate surface area is 124 Å². The number of rotatable bonds is 4. The summed E-state index contributed by atoms with van der Waals surface area (Å²) in [6.07, 6.45) is 0. The van der Waals surface area contributed by atoms with E-state index in [-0.39, 0.29) is 10.6 Å². The van der Waals surface area contributed by atoms with Gasteiger partial charge in [-0.25, -0.2) is 12.8 Å². The van der Waals surface area contributed by atoms with Gasteiger partial charge in [0.15, 0.2) is 0 Å². The van der Waals surface area contributed by atoms with Gasteiger partial charge in [0.2, 0.25) is 0 Å². The zero-order valence-electron chi connectivity index (χ0n) is 10.4. The van der Waals surface area contributed by atoms with E-state index in [2.05, 4.69) is 20.7 Å². The topological polar surface area (TPSA) is 55.4 Å². The van der Waals surface area contributed by atoms with E-state index >= 15 is 0 Å². The number of hydrogen-bond acceptors (Lipinski definition) is 3. The van der Waals surface area contributed by atoms with Gasteiger partial charge in [-0.1, -0.05) is 22.0 Å². The maximum absolute atomic E-state index is 13.7. The Morgan fingerprint density at radius 3 is 2.60 bits per heavy atom. The zero-order chi connectivity index (χ0) is 14.8. The van der Waals surface area contributed by atoms with Gasteiger partial charge in [-0.05, 0) is 30.3 Å². The molecule has 0 heterocycles. The Hall–Kier alpha value is -1.60.